The summed E-state index contributed by atoms with van der Waals surface area (Å²) in [7, 11) is 1.72. The van der Waals surface area contributed by atoms with E-state index in [4.69, 9.17) is 4.65 Å². The van der Waals surface area contributed by atoms with Gasteiger partial charge >= 0.3 is 6.92 Å². The summed E-state index contributed by atoms with van der Waals surface area (Å²) in [6.45, 7) is 2.25. The van der Waals surface area contributed by atoms with Gasteiger partial charge in [-0.3, -0.25) is 0 Å². The van der Waals surface area contributed by atoms with Crippen LogP contribution in [-0.2, 0) is 4.65 Å². The minimum absolute atomic E-state index is 0. The minimum Gasteiger partial charge on any atom is -0.434 e. The maximum atomic E-state index is 5.14. The van der Waals surface area contributed by atoms with E-state index < -0.39 is 0 Å². The fraction of sp³-hybridized carbons (Fsp3) is 0.0476. The van der Waals surface area contributed by atoms with Gasteiger partial charge in [0.05, 0.1) is 0 Å². The van der Waals surface area contributed by atoms with Crippen LogP contribution in [0, 0.1) is 75.5 Å². The van der Waals surface area contributed by atoms with Crippen LogP contribution in [0.15, 0.2) is 176 Å². The van der Waals surface area contributed by atoms with E-state index in [1.54, 1.807) is 7.11 Å². The average Bonchev–Trinajstić information content (AvgIpc) is 3.12. The van der Waals surface area contributed by atoms with Crippen LogP contribution in [0.4, 0.5) is 0 Å². The third-order valence-electron chi connectivity index (χ3n) is 8.13. The van der Waals surface area contributed by atoms with Crippen LogP contribution in [0.3, 0.4) is 0 Å². The molecule has 0 N–H and O–H groups in total. The van der Waals surface area contributed by atoms with Gasteiger partial charge in [0, 0.05) is 82.6 Å². The van der Waals surface area contributed by atoms with Crippen LogP contribution in [0.25, 0.3) is 54.2 Å². The van der Waals surface area contributed by atoms with Crippen LogP contribution in [-0.4, -0.2) is 14.0 Å². The molecule has 0 unspecified atom stereocenters. The Labute approximate surface area is 332 Å². The Morgan fingerprint density at radius 3 is 1.30 bits per heavy atom. The zero-order chi connectivity index (χ0) is 30.1. The fourth-order valence-electron chi connectivity index (χ4n) is 5.73. The summed E-state index contributed by atoms with van der Waals surface area (Å²) in [5.41, 5.74) is 3.80. The van der Waals surface area contributed by atoms with E-state index in [0.29, 0.717) is 0 Å². The monoisotopic (exact) mass is 646 g/mol. The van der Waals surface area contributed by atoms with E-state index in [9.17, 15) is 0 Å². The first kappa shape index (κ1) is 36.2. The maximum Gasteiger partial charge on any atom is 0.323 e. The predicted molar refractivity (Wildman–Crippen MR) is 193 cm³/mol. The van der Waals surface area contributed by atoms with Gasteiger partial charge in [-0.05, 0) is 65.7 Å². The van der Waals surface area contributed by atoms with Crippen molar-refractivity contribution >= 4 is 55.5 Å². The molecule has 0 fully saturated rings. The van der Waals surface area contributed by atoms with E-state index in [-0.39, 0.29) is 82.4 Å². The van der Waals surface area contributed by atoms with Gasteiger partial charge in [0.15, 0.2) is 0 Å². The second-order valence-electron chi connectivity index (χ2n) is 10.9. The summed E-state index contributed by atoms with van der Waals surface area (Å²) in [4.78, 5) is 0. The van der Waals surface area contributed by atoms with Crippen molar-refractivity contribution in [2.45, 2.75) is 6.82 Å². The van der Waals surface area contributed by atoms with Crippen molar-refractivity contribution in [2.24, 2.45) is 0 Å². The third kappa shape index (κ3) is 8.62. The molecule has 0 aliphatic rings. The van der Waals surface area contributed by atoms with Crippen molar-refractivity contribution in [3.05, 3.63) is 176 Å². The predicted octanol–water partition coefficient (Wildman–Crippen LogP) is 10.8. The van der Waals surface area contributed by atoms with Gasteiger partial charge < -0.3 is 4.65 Å². The van der Waals surface area contributed by atoms with Crippen molar-refractivity contribution in [1.29, 1.82) is 0 Å². The van der Waals surface area contributed by atoms with Crippen molar-refractivity contribution in [3.63, 3.8) is 0 Å². The molecule has 8 rings (SSSR count). The van der Waals surface area contributed by atoms with Crippen LogP contribution < -0.4 is 5.46 Å². The molecule has 0 saturated carbocycles. The first-order valence-corrected chi connectivity index (χ1v) is 15.1. The van der Waals surface area contributed by atoms with E-state index in [1.807, 2.05) is 25.0 Å². The molecule has 0 aliphatic carbocycles. The molecule has 0 radical (unpaired) electrons. The summed E-state index contributed by atoms with van der Waals surface area (Å²) >= 11 is 0. The van der Waals surface area contributed by atoms with Gasteiger partial charge in [-0.1, -0.05) is 177 Å². The standard InChI is InChI=1S/C20H14.C14H10.C8H11BO.2Ar/c1-2-8-15(9-3-1)20-14-16-10-4-5-11-17(16)18-12-6-7-13-19(18)20;1-3-7-13-11(5-1)9-10-12-6-2-4-8-14(12)13;1-9(10-2)8-6-4-3-5-7-8;;/h1-14H;1-10H;3-7H,1-2H3;;. The Morgan fingerprint density at radius 2 is 0.783 bits per heavy atom. The molecule has 8 aromatic carbocycles. The summed E-state index contributed by atoms with van der Waals surface area (Å²) in [5, 5.41) is 10.6. The van der Waals surface area contributed by atoms with Crippen molar-refractivity contribution in [3.8, 4) is 11.1 Å². The van der Waals surface area contributed by atoms with Gasteiger partial charge in [0.1, 0.15) is 0 Å². The molecule has 0 atom stereocenters. The van der Waals surface area contributed by atoms with E-state index >= 15 is 0 Å². The summed E-state index contributed by atoms with van der Waals surface area (Å²) in [6, 6.07) is 61.7. The molecule has 0 spiro atoms. The second-order valence-corrected chi connectivity index (χ2v) is 10.9. The number of hydrogen-bond donors (Lipinski definition) is 0. The molecule has 46 heavy (non-hydrogen) atoms. The van der Waals surface area contributed by atoms with E-state index in [1.165, 1.54) is 59.7 Å². The van der Waals surface area contributed by atoms with Crippen molar-refractivity contribution in [1.82, 2.24) is 0 Å². The minimum atomic E-state index is 0. The van der Waals surface area contributed by atoms with Gasteiger partial charge in [-0.15, -0.1) is 0 Å². The fourth-order valence-corrected chi connectivity index (χ4v) is 5.73. The topological polar surface area (TPSA) is 9.23 Å². The Morgan fingerprint density at radius 1 is 0.391 bits per heavy atom. The smallest absolute Gasteiger partial charge is 0.323 e. The Balaban J connectivity index is 0.000000163. The molecule has 0 saturated heterocycles. The molecular weight excluding hydrogens is 611 g/mol. The first-order chi connectivity index (χ1) is 21.7. The van der Waals surface area contributed by atoms with Gasteiger partial charge in [-0.2, -0.15) is 0 Å². The number of rotatable bonds is 3. The summed E-state index contributed by atoms with van der Waals surface area (Å²) in [5.74, 6) is 0. The molecule has 0 aliphatic heterocycles. The molecule has 0 amide bonds. The van der Waals surface area contributed by atoms with Crippen LogP contribution in [0.2, 0.25) is 6.82 Å². The molecule has 0 bridgehead atoms. The largest absolute Gasteiger partial charge is 0.434 e. The molecule has 0 heterocycles. The van der Waals surface area contributed by atoms with E-state index in [0.717, 1.165) is 0 Å². The zero-order valence-corrected chi connectivity index (χ0v) is 27.4. The first-order valence-electron chi connectivity index (χ1n) is 15.1. The van der Waals surface area contributed by atoms with Crippen LogP contribution in [0.5, 0.6) is 0 Å². The third-order valence-corrected chi connectivity index (χ3v) is 8.13. The maximum absolute atomic E-state index is 5.14. The molecule has 8 aromatic rings. The van der Waals surface area contributed by atoms with Crippen molar-refractivity contribution in [2.75, 3.05) is 7.11 Å². The van der Waals surface area contributed by atoms with Crippen LogP contribution in [0.1, 0.15) is 0 Å². The molecule has 4 heteroatoms. The number of hydrogen-bond acceptors (Lipinski definition) is 1. The normalized spacial score (nSPS) is 10.1. The van der Waals surface area contributed by atoms with Crippen LogP contribution >= 0.6 is 0 Å². The number of benzene rings is 8. The van der Waals surface area contributed by atoms with Gasteiger partial charge in [0.2, 0.25) is 0 Å². The second kappa shape index (κ2) is 18.0. The van der Waals surface area contributed by atoms with Gasteiger partial charge in [-0.25, -0.2) is 0 Å². The molecule has 0 aromatic heterocycles. The summed E-state index contributed by atoms with van der Waals surface area (Å²) in [6.07, 6.45) is 0. The Bertz CT molecular complexity index is 2080. The Kier molecular flexibility index (Phi) is 14.2. The zero-order valence-electron chi connectivity index (χ0n) is 25.9. The molecule has 228 valence electrons. The molecular formula is C42H35Ar2BO. The van der Waals surface area contributed by atoms with Gasteiger partial charge in [0.25, 0.3) is 0 Å². The quantitative estimate of drug-likeness (QED) is 0.137. The molecule has 1 nitrogen and oxygen atoms in total. The Hall–Kier alpha value is -2.66. The van der Waals surface area contributed by atoms with E-state index in [2.05, 4.69) is 158 Å². The SMILES string of the molecule is COB(C)c1ccccc1.[Ar].[Ar].c1ccc(-c2cc3ccccc3c3ccccc23)cc1.c1ccc2c(c1)ccc1ccccc12. The summed E-state index contributed by atoms with van der Waals surface area (Å²) < 4.78 is 5.14. The average molecular weight is 646 g/mol. The van der Waals surface area contributed by atoms with Crippen molar-refractivity contribution < 1.29 is 80.1 Å². The number of fused-ring (bicyclic) bond motifs is 6.